The first kappa shape index (κ1) is 16.0. The Hall–Kier alpha value is -2.34. The number of aryl methyl sites for hydroxylation is 1. The molecule has 0 fully saturated rings. The monoisotopic (exact) mass is 304 g/mol. The summed E-state index contributed by atoms with van der Waals surface area (Å²) in [6.45, 7) is 4.84. The molecule has 0 amide bonds. The van der Waals surface area contributed by atoms with E-state index in [0.717, 1.165) is 0 Å². The minimum atomic E-state index is -1.32. The van der Waals surface area contributed by atoms with E-state index in [9.17, 15) is 9.90 Å². The van der Waals surface area contributed by atoms with Crippen molar-refractivity contribution in [2.24, 2.45) is 0 Å². The van der Waals surface area contributed by atoms with E-state index in [1.807, 2.05) is 0 Å². The summed E-state index contributed by atoms with van der Waals surface area (Å²) in [5.74, 6) is 1.16. The van der Waals surface area contributed by atoms with Gasteiger partial charge in [-0.1, -0.05) is 0 Å². The Morgan fingerprint density at radius 3 is 2.32 bits per heavy atom. The van der Waals surface area contributed by atoms with Crippen molar-refractivity contribution in [2.75, 3.05) is 14.2 Å². The maximum atomic E-state index is 12.0. The molecule has 0 aliphatic rings. The minimum Gasteiger partial charge on any atom is -0.493 e. The Bertz CT molecular complexity index is 745. The van der Waals surface area contributed by atoms with Gasteiger partial charge in [-0.2, -0.15) is 5.10 Å². The van der Waals surface area contributed by atoms with Gasteiger partial charge in [0.05, 0.1) is 19.9 Å². The molecule has 0 aliphatic carbocycles. The van der Waals surface area contributed by atoms with E-state index in [4.69, 9.17) is 9.47 Å². The normalized spacial score (nSPS) is 11.4. The number of aromatic nitrogens is 2. The number of hydrogen-bond acceptors (Lipinski definition) is 5. The molecule has 22 heavy (non-hydrogen) atoms. The third-order valence-electron chi connectivity index (χ3n) is 3.30. The van der Waals surface area contributed by atoms with Gasteiger partial charge in [0, 0.05) is 17.8 Å². The third-order valence-corrected chi connectivity index (χ3v) is 3.30. The summed E-state index contributed by atoms with van der Waals surface area (Å²) in [4.78, 5) is 12.0. The van der Waals surface area contributed by atoms with Crippen molar-refractivity contribution in [2.45, 2.75) is 26.4 Å². The first-order chi connectivity index (χ1) is 10.3. The predicted octanol–water partition coefficient (Wildman–Crippen LogP) is 1.79. The van der Waals surface area contributed by atoms with Gasteiger partial charge in [0.15, 0.2) is 11.5 Å². The number of rotatable bonds is 4. The van der Waals surface area contributed by atoms with E-state index >= 15 is 0 Å². The standard InChI is InChI=1S/C16H20N2O4/c1-10-8-12(19)15(16(2,3)20)17-18(10)11-6-7-13(21-4)14(9-11)22-5/h6-9,20H,1-5H3. The summed E-state index contributed by atoms with van der Waals surface area (Å²) in [6, 6.07) is 6.78. The first-order valence-electron chi connectivity index (χ1n) is 6.84. The average molecular weight is 304 g/mol. The van der Waals surface area contributed by atoms with E-state index in [1.54, 1.807) is 44.0 Å². The number of hydrogen-bond donors (Lipinski definition) is 1. The van der Waals surface area contributed by atoms with Crippen LogP contribution in [0, 0.1) is 6.92 Å². The Balaban J connectivity index is 2.65. The highest BCUT2D eigenvalue weighted by molar-refractivity contribution is 5.49. The fourth-order valence-corrected chi connectivity index (χ4v) is 2.19. The molecule has 0 saturated heterocycles. The van der Waals surface area contributed by atoms with Crippen LogP contribution in [-0.4, -0.2) is 29.1 Å². The van der Waals surface area contributed by atoms with Gasteiger partial charge in [0.25, 0.3) is 0 Å². The molecule has 0 spiro atoms. The van der Waals surface area contributed by atoms with Gasteiger partial charge in [-0.05, 0) is 32.9 Å². The second kappa shape index (κ2) is 5.81. The van der Waals surface area contributed by atoms with Gasteiger partial charge in [-0.3, -0.25) is 4.79 Å². The summed E-state index contributed by atoms with van der Waals surface area (Å²) < 4.78 is 12.1. The average Bonchev–Trinajstić information content (AvgIpc) is 2.45. The van der Waals surface area contributed by atoms with Crippen molar-refractivity contribution >= 4 is 0 Å². The lowest BCUT2D eigenvalue weighted by atomic mass is 10.0. The second-order valence-corrected chi connectivity index (χ2v) is 5.51. The zero-order valence-corrected chi connectivity index (χ0v) is 13.4. The van der Waals surface area contributed by atoms with Crippen molar-refractivity contribution in [1.29, 1.82) is 0 Å². The Labute approximate surface area is 128 Å². The van der Waals surface area contributed by atoms with Crippen LogP contribution in [0.25, 0.3) is 5.69 Å². The van der Waals surface area contributed by atoms with Gasteiger partial charge < -0.3 is 14.6 Å². The maximum absolute atomic E-state index is 12.0. The lowest BCUT2D eigenvalue weighted by Gasteiger charge is -2.19. The van der Waals surface area contributed by atoms with Gasteiger partial charge in [0.2, 0.25) is 5.43 Å². The van der Waals surface area contributed by atoms with E-state index in [-0.39, 0.29) is 11.1 Å². The van der Waals surface area contributed by atoms with Gasteiger partial charge in [-0.25, -0.2) is 4.68 Å². The highest BCUT2D eigenvalue weighted by Gasteiger charge is 2.23. The van der Waals surface area contributed by atoms with Crippen LogP contribution in [0.1, 0.15) is 25.2 Å². The van der Waals surface area contributed by atoms with Gasteiger partial charge >= 0.3 is 0 Å². The fraction of sp³-hybridized carbons (Fsp3) is 0.375. The largest absolute Gasteiger partial charge is 0.493 e. The van der Waals surface area contributed by atoms with Crippen LogP contribution in [0.3, 0.4) is 0 Å². The molecule has 6 nitrogen and oxygen atoms in total. The second-order valence-electron chi connectivity index (χ2n) is 5.51. The van der Waals surface area contributed by atoms with Crippen molar-refractivity contribution < 1.29 is 14.6 Å². The Morgan fingerprint density at radius 2 is 1.77 bits per heavy atom. The molecule has 2 rings (SSSR count). The highest BCUT2D eigenvalue weighted by Crippen LogP contribution is 2.29. The Kier molecular flexibility index (Phi) is 4.23. The predicted molar refractivity (Wildman–Crippen MR) is 82.9 cm³/mol. The van der Waals surface area contributed by atoms with Gasteiger partial charge in [0.1, 0.15) is 11.3 Å². The molecular weight excluding hydrogens is 284 g/mol. The van der Waals surface area contributed by atoms with Crippen molar-refractivity contribution in [3.63, 3.8) is 0 Å². The molecule has 0 unspecified atom stereocenters. The van der Waals surface area contributed by atoms with Crippen LogP contribution >= 0.6 is 0 Å². The lowest BCUT2D eigenvalue weighted by Crippen LogP contribution is -2.30. The first-order valence-corrected chi connectivity index (χ1v) is 6.84. The summed E-state index contributed by atoms with van der Waals surface area (Å²) in [5.41, 5.74) is -0.149. The zero-order chi connectivity index (χ0) is 16.5. The highest BCUT2D eigenvalue weighted by atomic mass is 16.5. The van der Waals surface area contributed by atoms with Crippen LogP contribution in [0.2, 0.25) is 0 Å². The molecule has 0 bridgehead atoms. The SMILES string of the molecule is COc1ccc(-n2nc(C(C)(C)O)c(=O)cc2C)cc1OC. The van der Waals surface area contributed by atoms with Crippen molar-refractivity contribution in [3.8, 4) is 17.2 Å². The topological polar surface area (TPSA) is 73.6 Å². The quantitative estimate of drug-likeness (QED) is 0.932. The number of benzene rings is 1. The number of ether oxygens (including phenoxy) is 2. The molecule has 0 atom stereocenters. The molecular formula is C16H20N2O4. The number of methoxy groups -OCH3 is 2. The smallest absolute Gasteiger partial charge is 0.206 e. The summed E-state index contributed by atoms with van der Waals surface area (Å²) in [7, 11) is 3.11. The molecule has 1 aromatic heterocycles. The fourth-order valence-electron chi connectivity index (χ4n) is 2.19. The zero-order valence-electron chi connectivity index (χ0n) is 13.4. The van der Waals surface area contributed by atoms with Crippen LogP contribution in [0.4, 0.5) is 0 Å². The molecule has 1 N–H and O–H groups in total. The summed E-state index contributed by atoms with van der Waals surface area (Å²) in [5, 5.41) is 14.4. The molecule has 6 heteroatoms. The van der Waals surface area contributed by atoms with Crippen molar-refractivity contribution in [3.05, 3.63) is 45.9 Å². The number of aliphatic hydroxyl groups is 1. The molecule has 0 radical (unpaired) electrons. The third kappa shape index (κ3) is 2.96. The molecule has 0 saturated carbocycles. The van der Waals surface area contributed by atoms with Crippen LogP contribution in [-0.2, 0) is 5.60 Å². The molecule has 1 heterocycles. The minimum absolute atomic E-state index is 0.0906. The number of nitrogens with zero attached hydrogens (tertiary/aromatic N) is 2. The van der Waals surface area contributed by atoms with E-state index in [2.05, 4.69) is 5.10 Å². The van der Waals surface area contributed by atoms with Gasteiger partial charge in [-0.15, -0.1) is 0 Å². The van der Waals surface area contributed by atoms with E-state index < -0.39 is 5.60 Å². The van der Waals surface area contributed by atoms with Crippen LogP contribution < -0.4 is 14.9 Å². The molecule has 118 valence electrons. The van der Waals surface area contributed by atoms with E-state index in [1.165, 1.54) is 19.9 Å². The Morgan fingerprint density at radius 1 is 1.14 bits per heavy atom. The van der Waals surface area contributed by atoms with Crippen LogP contribution in [0.15, 0.2) is 29.1 Å². The molecule has 0 aliphatic heterocycles. The lowest BCUT2D eigenvalue weighted by molar-refractivity contribution is 0.0709. The summed E-state index contributed by atoms with van der Waals surface area (Å²) >= 11 is 0. The molecule has 1 aromatic carbocycles. The van der Waals surface area contributed by atoms with E-state index in [0.29, 0.717) is 22.9 Å². The van der Waals surface area contributed by atoms with Crippen molar-refractivity contribution in [1.82, 2.24) is 9.78 Å². The summed E-state index contributed by atoms with van der Waals surface area (Å²) in [6.07, 6.45) is 0. The van der Waals surface area contributed by atoms with Crippen LogP contribution in [0.5, 0.6) is 11.5 Å². The maximum Gasteiger partial charge on any atom is 0.206 e. The molecule has 2 aromatic rings.